The molecule has 1 saturated carbocycles. The van der Waals surface area contributed by atoms with Gasteiger partial charge in [0.1, 0.15) is 0 Å². The van der Waals surface area contributed by atoms with E-state index in [1.807, 2.05) is 6.92 Å². The lowest BCUT2D eigenvalue weighted by Crippen LogP contribution is -2.30. The fourth-order valence-corrected chi connectivity index (χ4v) is 2.78. The highest BCUT2D eigenvalue weighted by molar-refractivity contribution is 5.96. The summed E-state index contributed by atoms with van der Waals surface area (Å²) < 4.78 is 0. The number of carbonyl (C=O) groups is 2. The molecule has 2 aromatic carbocycles. The molecule has 0 bridgehead atoms. The zero-order chi connectivity index (χ0) is 17.1. The zero-order valence-electron chi connectivity index (χ0n) is 13.6. The molecule has 0 heterocycles. The number of benzene rings is 2. The van der Waals surface area contributed by atoms with E-state index >= 15 is 0 Å². The van der Waals surface area contributed by atoms with Gasteiger partial charge >= 0.3 is 6.03 Å². The summed E-state index contributed by atoms with van der Waals surface area (Å²) in [6, 6.07) is 14.4. The van der Waals surface area contributed by atoms with Gasteiger partial charge in [-0.15, -0.1) is 0 Å². The number of urea groups is 1. The fourth-order valence-electron chi connectivity index (χ4n) is 2.78. The van der Waals surface area contributed by atoms with Gasteiger partial charge in [0.25, 0.3) is 5.91 Å². The monoisotopic (exact) mass is 323 g/mol. The Balaban J connectivity index is 1.76. The first-order chi connectivity index (χ1) is 11.5. The molecule has 0 unspecified atom stereocenters. The summed E-state index contributed by atoms with van der Waals surface area (Å²) in [7, 11) is 0. The molecule has 0 aromatic heterocycles. The van der Waals surface area contributed by atoms with Gasteiger partial charge < -0.3 is 16.4 Å². The fraction of sp³-hybridized carbons (Fsp3) is 0.263. The molecule has 3 rings (SSSR count). The van der Waals surface area contributed by atoms with Crippen LogP contribution in [0, 0.1) is 12.8 Å². The molecule has 24 heavy (non-hydrogen) atoms. The highest BCUT2D eigenvalue weighted by Gasteiger charge is 2.33. The maximum absolute atomic E-state index is 12.6. The lowest BCUT2D eigenvalue weighted by atomic mass is 10.0. The second kappa shape index (κ2) is 6.74. The van der Waals surface area contributed by atoms with Crippen LogP contribution in [0.4, 0.5) is 10.5 Å². The van der Waals surface area contributed by atoms with Crippen LogP contribution in [-0.4, -0.2) is 11.9 Å². The third kappa shape index (κ3) is 3.93. The van der Waals surface area contributed by atoms with E-state index in [4.69, 9.17) is 5.73 Å². The Morgan fingerprint density at radius 2 is 1.83 bits per heavy atom. The highest BCUT2D eigenvalue weighted by Crippen LogP contribution is 2.41. The van der Waals surface area contributed by atoms with E-state index in [0.29, 0.717) is 17.2 Å². The molecule has 0 aliphatic heterocycles. The predicted molar refractivity (Wildman–Crippen MR) is 93.8 cm³/mol. The standard InChI is InChI=1S/C19H21N3O2/c1-12-5-7-13(8-6-12)17(14-9-10-14)22-18(23)15-3-2-4-16(11-15)21-19(20)24/h2-8,11,14,17H,9-10H2,1H3,(H,22,23)(H3,20,21,24)/t17-/m0/s1. The summed E-state index contributed by atoms with van der Waals surface area (Å²) in [5, 5.41) is 5.61. The second-order valence-electron chi connectivity index (χ2n) is 6.27. The van der Waals surface area contributed by atoms with Gasteiger partial charge in [-0.25, -0.2) is 4.79 Å². The largest absolute Gasteiger partial charge is 0.351 e. The van der Waals surface area contributed by atoms with Crippen LogP contribution in [0.15, 0.2) is 48.5 Å². The predicted octanol–water partition coefficient (Wildman–Crippen LogP) is 3.37. The SMILES string of the molecule is Cc1ccc([C@H](NC(=O)c2cccc(NC(N)=O)c2)C2CC2)cc1. The van der Waals surface area contributed by atoms with Crippen LogP contribution in [0.1, 0.15) is 40.4 Å². The summed E-state index contributed by atoms with van der Waals surface area (Å²) in [5.41, 5.74) is 8.45. The summed E-state index contributed by atoms with van der Waals surface area (Å²) in [4.78, 5) is 23.6. The van der Waals surface area contributed by atoms with Crippen molar-refractivity contribution in [3.8, 4) is 0 Å². The van der Waals surface area contributed by atoms with Crippen LogP contribution in [0.3, 0.4) is 0 Å². The van der Waals surface area contributed by atoms with Gasteiger partial charge in [-0.05, 0) is 49.4 Å². The molecule has 5 nitrogen and oxygen atoms in total. The summed E-state index contributed by atoms with van der Waals surface area (Å²) >= 11 is 0. The number of nitrogens with one attached hydrogen (secondary N) is 2. The molecule has 0 saturated heterocycles. The normalized spacial score (nSPS) is 14.7. The first-order valence-electron chi connectivity index (χ1n) is 8.07. The molecule has 5 heteroatoms. The Hall–Kier alpha value is -2.82. The van der Waals surface area contributed by atoms with Crippen molar-refractivity contribution in [2.45, 2.75) is 25.8 Å². The zero-order valence-corrected chi connectivity index (χ0v) is 13.6. The third-order valence-corrected chi connectivity index (χ3v) is 4.21. The summed E-state index contributed by atoms with van der Waals surface area (Å²) in [6.07, 6.45) is 2.25. The number of amides is 3. The lowest BCUT2D eigenvalue weighted by Gasteiger charge is -2.19. The molecular weight excluding hydrogens is 302 g/mol. The molecule has 4 N–H and O–H groups in total. The van der Waals surface area contributed by atoms with Gasteiger partial charge in [0.05, 0.1) is 6.04 Å². The first kappa shape index (κ1) is 16.1. The number of carbonyl (C=O) groups excluding carboxylic acids is 2. The molecule has 1 aliphatic rings. The molecule has 0 radical (unpaired) electrons. The molecule has 1 aliphatic carbocycles. The summed E-state index contributed by atoms with van der Waals surface area (Å²) in [6.45, 7) is 2.05. The average molecular weight is 323 g/mol. The third-order valence-electron chi connectivity index (χ3n) is 4.21. The number of rotatable bonds is 5. The molecule has 0 spiro atoms. The topological polar surface area (TPSA) is 84.2 Å². The maximum Gasteiger partial charge on any atom is 0.316 e. The molecule has 124 valence electrons. The van der Waals surface area contributed by atoms with Crippen molar-refractivity contribution in [2.24, 2.45) is 11.7 Å². The van der Waals surface area contributed by atoms with E-state index in [9.17, 15) is 9.59 Å². The number of hydrogen-bond acceptors (Lipinski definition) is 2. The average Bonchev–Trinajstić information content (AvgIpc) is 3.38. The highest BCUT2D eigenvalue weighted by atomic mass is 16.2. The lowest BCUT2D eigenvalue weighted by molar-refractivity contribution is 0.0931. The smallest absolute Gasteiger partial charge is 0.316 e. The minimum Gasteiger partial charge on any atom is -0.351 e. The van der Waals surface area contributed by atoms with Gasteiger partial charge in [-0.3, -0.25) is 4.79 Å². The van der Waals surface area contributed by atoms with Crippen molar-refractivity contribution in [3.05, 3.63) is 65.2 Å². The van der Waals surface area contributed by atoms with Crippen LogP contribution in [0.2, 0.25) is 0 Å². The second-order valence-corrected chi connectivity index (χ2v) is 6.27. The van der Waals surface area contributed by atoms with Crippen LogP contribution < -0.4 is 16.4 Å². The van der Waals surface area contributed by atoms with Gasteiger partial charge in [0.2, 0.25) is 0 Å². The Kier molecular flexibility index (Phi) is 4.51. The van der Waals surface area contributed by atoms with E-state index in [1.54, 1.807) is 24.3 Å². The number of hydrogen-bond donors (Lipinski definition) is 3. The van der Waals surface area contributed by atoms with E-state index in [2.05, 4.69) is 34.9 Å². The van der Waals surface area contributed by atoms with Crippen molar-refractivity contribution in [3.63, 3.8) is 0 Å². The Bertz CT molecular complexity index is 751. The van der Waals surface area contributed by atoms with Crippen LogP contribution >= 0.6 is 0 Å². The van der Waals surface area contributed by atoms with Crippen molar-refractivity contribution in [1.82, 2.24) is 5.32 Å². The van der Waals surface area contributed by atoms with Crippen LogP contribution in [0.25, 0.3) is 0 Å². The van der Waals surface area contributed by atoms with E-state index in [0.717, 1.165) is 18.4 Å². The molecule has 2 aromatic rings. The quantitative estimate of drug-likeness (QED) is 0.788. The van der Waals surface area contributed by atoms with Crippen molar-refractivity contribution >= 4 is 17.6 Å². The molecular formula is C19H21N3O2. The van der Waals surface area contributed by atoms with E-state index in [1.165, 1.54) is 5.56 Å². The van der Waals surface area contributed by atoms with Gasteiger partial charge in [-0.2, -0.15) is 0 Å². The minimum absolute atomic E-state index is 0.0193. The van der Waals surface area contributed by atoms with Crippen molar-refractivity contribution in [1.29, 1.82) is 0 Å². The Morgan fingerprint density at radius 3 is 2.46 bits per heavy atom. The molecule has 1 atom stereocenters. The van der Waals surface area contributed by atoms with Crippen molar-refractivity contribution < 1.29 is 9.59 Å². The number of nitrogens with two attached hydrogens (primary N) is 1. The van der Waals surface area contributed by atoms with Gasteiger partial charge in [-0.1, -0.05) is 35.9 Å². The number of aryl methyl sites for hydroxylation is 1. The maximum atomic E-state index is 12.6. The van der Waals surface area contributed by atoms with Gasteiger partial charge in [0.15, 0.2) is 0 Å². The number of primary amides is 1. The van der Waals surface area contributed by atoms with Gasteiger partial charge in [0, 0.05) is 11.3 Å². The molecule has 1 fully saturated rings. The Labute approximate surface area is 141 Å². The summed E-state index contributed by atoms with van der Waals surface area (Å²) in [5.74, 6) is 0.337. The number of anilines is 1. The van der Waals surface area contributed by atoms with Crippen LogP contribution in [-0.2, 0) is 0 Å². The molecule has 3 amide bonds. The van der Waals surface area contributed by atoms with E-state index < -0.39 is 6.03 Å². The Morgan fingerprint density at radius 1 is 1.12 bits per heavy atom. The first-order valence-corrected chi connectivity index (χ1v) is 8.07. The van der Waals surface area contributed by atoms with Crippen LogP contribution in [0.5, 0.6) is 0 Å². The van der Waals surface area contributed by atoms with E-state index in [-0.39, 0.29) is 11.9 Å². The minimum atomic E-state index is -0.650. The van der Waals surface area contributed by atoms with Crippen molar-refractivity contribution in [2.75, 3.05) is 5.32 Å².